The van der Waals surface area contributed by atoms with E-state index in [1.807, 2.05) is 48.5 Å². The first-order valence-electron chi connectivity index (χ1n) is 10.6. The van der Waals surface area contributed by atoms with Crippen molar-refractivity contribution < 1.29 is 22.7 Å². The van der Waals surface area contributed by atoms with Crippen molar-refractivity contribution in [2.24, 2.45) is 0 Å². The minimum atomic E-state index is -4.00. The zero-order valence-corrected chi connectivity index (χ0v) is 20.6. The van der Waals surface area contributed by atoms with Gasteiger partial charge in [0.15, 0.2) is 0 Å². The van der Waals surface area contributed by atoms with Crippen molar-refractivity contribution in [3.63, 3.8) is 0 Å². The third kappa shape index (κ3) is 6.50. The lowest BCUT2D eigenvalue weighted by Crippen LogP contribution is -2.41. The molecule has 3 aromatic carbocycles. The van der Waals surface area contributed by atoms with Gasteiger partial charge in [-0.2, -0.15) is 4.31 Å². The van der Waals surface area contributed by atoms with Gasteiger partial charge >= 0.3 is 0 Å². The van der Waals surface area contributed by atoms with Gasteiger partial charge in [-0.25, -0.2) is 8.42 Å². The van der Waals surface area contributed by atoms with Crippen molar-refractivity contribution in [1.82, 2.24) is 9.62 Å². The Hall–Kier alpha value is -3.07. The summed E-state index contributed by atoms with van der Waals surface area (Å²) in [6, 6.07) is 21.0. The van der Waals surface area contributed by atoms with Gasteiger partial charge in [0.25, 0.3) is 0 Å². The summed E-state index contributed by atoms with van der Waals surface area (Å²) < 4.78 is 38.5. The molecule has 0 saturated heterocycles. The number of nitrogens with zero attached hydrogens (tertiary/aromatic N) is 1. The number of carbonyl (C=O) groups is 1. The first-order valence-corrected chi connectivity index (χ1v) is 12.4. The van der Waals surface area contributed by atoms with E-state index in [-0.39, 0.29) is 29.6 Å². The molecule has 1 amide bonds. The van der Waals surface area contributed by atoms with Gasteiger partial charge in [0.2, 0.25) is 15.9 Å². The molecule has 0 unspecified atom stereocenters. The van der Waals surface area contributed by atoms with E-state index < -0.39 is 15.9 Å². The molecule has 0 fully saturated rings. The van der Waals surface area contributed by atoms with Gasteiger partial charge in [-0.3, -0.25) is 4.79 Å². The standard InChI is InChI=1S/C25H27ClN2O5S/c1-32-23-11-7-6-10-20(23)17-27-25(29)18-28(15-14-19-8-4-3-5-9-19)34(30,31)21-12-13-24(33-2)22(26)16-21/h3-13,16H,14-15,17-18H2,1-2H3,(H,27,29). The number of nitrogens with one attached hydrogen (secondary N) is 1. The normalized spacial score (nSPS) is 11.3. The monoisotopic (exact) mass is 502 g/mol. The van der Waals surface area contributed by atoms with E-state index in [9.17, 15) is 13.2 Å². The maximum atomic E-state index is 13.4. The molecule has 3 rings (SSSR count). The molecule has 9 heteroatoms. The average molecular weight is 503 g/mol. The van der Waals surface area contributed by atoms with Gasteiger partial charge in [0.05, 0.1) is 30.7 Å². The van der Waals surface area contributed by atoms with Crippen LogP contribution in [-0.4, -0.2) is 45.9 Å². The van der Waals surface area contributed by atoms with E-state index in [4.69, 9.17) is 21.1 Å². The molecule has 0 bridgehead atoms. The van der Waals surface area contributed by atoms with Crippen LogP contribution in [0.3, 0.4) is 0 Å². The van der Waals surface area contributed by atoms with E-state index in [0.717, 1.165) is 15.4 Å². The molecule has 0 aliphatic heterocycles. The van der Waals surface area contributed by atoms with Crippen LogP contribution in [0, 0.1) is 0 Å². The first-order chi connectivity index (χ1) is 16.3. The van der Waals surface area contributed by atoms with Gasteiger partial charge < -0.3 is 14.8 Å². The van der Waals surface area contributed by atoms with Crippen LogP contribution in [0.1, 0.15) is 11.1 Å². The van der Waals surface area contributed by atoms with Crippen LogP contribution >= 0.6 is 11.6 Å². The van der Waals surface area contributed by atoms with Crippen LogP contribution in [0.15, 0.2) is 77.7 Å². The lowest BCUT2D eigenvalue weighted by molar-refractivity contribution is -0.121. The number of rotatable bonds is 11. The smallest absolute Gasteiger partial charge is 0.243 e. The highest BCUT2D eigenvalue weighted by atomic mass is 35.5. The molecule has 0 aliphatic carbocycles. The number of hydrogen-bond donors (Lipinski definition) is 1. The molecule has 0 saturated carbocycles. The van der Waals surface area contributed by atoms with Crippen LogP contribution in [0.2, 0.25) is 5.02 Å². The Balaban J connectivity index is 1.79. The number of carbonyl (C=O) groups excluding carboxylic acids is 1. The predicted molar refractivity (Wildman–Crippen MR) is 132 cm³/mol. The number of para-hydroxylation sites is 1. The fourth-order valence-electron chi connectivity index (χ4n) is 3.40. The van der Waals surface area contributed by atoms with Gasteiger partial charge in [-0.15, -0.1) is 0 Å². The van der Waals surface area contributed by atoms with Gasteiger partial charge in [-0.1, -0.05) is 60.1 Å². The largest absolute Gasteiger partial charge is 0.496 e. The van der Waals surface area contributed by atoms with Gasteiger partial charge in [-0.05, 0) is 36.2 Å². The molecule has 180 valence electrons. The average Bonchev–Trinajstić information content (AvgIpc) is 2.85. The predicted octanol–water partition coefficient (Wildman–Crippen LogP) is 3.91. The van der Waals surface area contributed by atoms with E-state index in [0.29, 0.717) is 17.9 Å². The first kappa shape index (κ1) is 25.6. The van der Waals surface area contributed by atoms with Gasteiger partial charge in [0, 0.05) is 18.7 Å². The van der Waals surface area contributed by atoms with E-state index >= 15 is 0 Å². The lowest BCUT2D eigenvalue weighted by atomic mass is 10.1. The molecule has 7 nitrogen and oxygen atoms in total. The number of benzene rings is 3. The minimum absolute atomic E-state index is 0.0103. The molecule has 0 atom stereocenters. The second-order valence-corrected chi connectivity index (χ2v) is 9.80. The Morgan fingerprint density at radius 2 is 1.62 bits per heavy atom. The molecular weight excluding hydrogens is 476 g/mol. The number of hydrogen-bond acceptors (Lipinski definition) is 5. The van der Waals surface area contributed by atoms with Crippen molar-refractivity contribution in [2.75, 3.05) is 27.3 Å². The number of amides is 1. The van der Waals surface area contributed by atoms with Crippen LogP contribution in [0.4, 0.5) is 0 Å². The van der Waals surface area contributed by atoms with E-state index in [1.54, 1.807) is 13.2 Å². The Labute approximate surface area is 205 Å². The van der Waals surface area contributed by atoms with Crippen LogP contribution in [0.5, 0.6) is 11.5 Å². The molecule has 0 radical (unpaired) electrons. The SMILES string of the molecule is COc1ccc(S(=O)(=O)N(CCc2ccccc2)CC(=O)NCc2ccccc2OC)cc1Cl. The maximum Gasteiger partial charge on any atom is 0.243 e. The molecular formula is C25H27ClN2O5S. The molecule has 0 aliphatic rings. The summed E-state index contributed by atoms with van der Waals surface area (Å²) in [4.78, 5) is 12.8. The Bertz CT molecular complexity index is 1220. The highest BCUT2D eigenvalue weighted by Crippen LogP contribution is 2.28. The quantitative estimate of drug-likeness (QED) is 0.430. The van der Waals surface area contributed by atoms with Crippen LogP contribution in [-0.2, 0) is 27.8 Å². The lowest BCUT2D eigenvalue weighted by Gasteiger charge is -2.22. The molecule has 3 aromatic rings. The summed E-state index contributed by atoms with van der Waals surface area (Å²) >= 11 is 6.17. The summed E-state index contributed by atoms with van der Waals surface area (Å²) in [6.07, 6.45) is 0.448. The fraction of sp³-hybridized carbons (Fsp3) is 0.240. The van der Waals surface area contributed by atoms with E-state index in [1.165, 1.54) is 25.3 Å². The number of methoxy groups -OCH3 is 2. The number of sulfonamides is 1. The zero-order chi connectivity index (χ0) is 24.6. The van der Waals surface area contributed by atoms with Crippen molar-refractivity contribution >= 4 is 27.5 Å². The molecule has 0 spiro atoms. The van der Waals surface area contributed by atoms with Crippen LogP contribution < -0.4 is 14.8 Å². The zero-order valence-electron chi connectivity index (χ0n) is 19.0. The summed E-state index contributed by atoms with van der Waals surface area (Å²) in [5.74, 6) is 0.581. The molecule has 34 heavy (non-hydrogen) atoms. The number of ether oxygens (including phenoxy) is 2. The van der Waals surface area contributed by atoms with Crippen molar-refractivity contribution in [1.29, 1.82) is 0 Å². The Morgan fingerprint density at radius 1 is 0.941 bits per heavy atom. The third-order valence-corrected chi connectivity index (χ3v) is 7.38. The second kappa shape index (κ2) is 11.9. The highest BCUT2D eigenvalue weighted by molar-refractivity contribution is 7.89. The van der Waals surface area contributed by atoms with Gasteiger partial charge in [0.1, 0.15) is 11.5 Å². The third-order valence-electron chi connectivity index (χ3n) is 5.24. The topological polar surface area (TPSA) is 84.9 Å². The molecule has 0 aromatic heterocycles. The van der Waals surface area contributed by atoms with Crippen molar-refractivity contribution in [3.8, 4) is 11.5 Å². The summed E-state index contributed by atoms with van der Waals surface area (Å²) in [7, 11) is -0.996. The highest BCUT2D eigenvalue weighted by Gasteiger charge is 2.27. The van der Waals surface area contributed by atoms with Crippen LogP contribution in [0.25, 0.3) is 0 Å². The summed E-state index contributed by atoms with van der Waals surface area (Å²) in [5.41, 5.74) is 1.75. The van der Waals surface area contributed by atoms with Crippen molar-refractivity contribution in [2.45, 2.75) is 17.9 Å². The number of halogens is 1. The summed E-state index contributed by atoms with van der Waals surface area (Å²) in [5, 5.41) is 2.96. The van der Waals surface area contributed by atoms with E-state index in [2.05, 4.69) is 5.32 Å². The van der Waals surface area contributed by atoms with Crippen molar-refractivity contribution in [3.05, 3.63) is 88.9 Å². The maximum absolute atomic E-state index is 13.4. The molecule has 1 N–H and O–H groups in total. The fourth-order valence-corrected chi connectivity index (χ4v) is 5.14. The Morgan fingerprint density at radius 3 is 2.29 bits per heavy atom. The molecule has 0 heterocycles. The summed E-state index contributed by atoms with van der Waals surface area (Å²) in [6.45, 7) is -0.00415. The Kier molecular flexibility index (Phi) is 8.92. The minimum Gasteiger partial charge on any atom is -0.496 e. The second-order valence-electron chi connectivity index (χ2n) is 7.46.